The van der Waals surface area contributed by atoms with E-state index in [9.17, 15) is 0 Å². The van der Waals surface area contributed by atoms with Gasteiger partial charge in [-0.3, -0.25) is 5.43 Å². The number of aromatic nitrogens is 2. The number of aliphatic hydroxyl groups excluding tert-OH is 1. The van der Waals surface area contributed by atoms with E-state index >= 15 is 0 Å². The molecule has 6 heteroatoms. The average Bonchev–Trinajstić information content (AvgIpc) is 2.38. The number of nitrogens with one attached hydrogen (secondary N) is 2. The summed E-state index contributed by atoms with van der Waals surface area (Å²) in [4.78, 5) is 8.29. The Morgan fingerprint density at radius 2 is 2.22 bits per heavy atom. The van der Waals surface area contributed by atoms with Crippen LogP contribution in [0.3, 0.4) is 0 Å². The number of hydrogen-bond donors (Lipinski definition) is 4. The molecule has 0 bridgehead atoms. The number of aryl methyl sites for hydroxylation is 1. The van der Waals surface area contributed by atoms with Gasteiger partial charge < -0.3 is 10.4 Å². The molecule has 1 atom stereocenters. The summed E-state index contributed by atoms with van der Waals surface area (Å²) in [6.45, 7) is 5.13. The third-order valence-electron chi connectivity index (χ3n) is 2.89. The highest BCUT2D eigenvalue weighted by Crippen LogP contribution is 2.15. The Kier molecular flexibility index (Phi) is 6.38. The third kappa shape index (κ3) is 4.46. The van der Waals surface area contributed by atoms with Crippen molar-refractivity contribution in [1.82, 2.24) is 9.97 Å². The summed E-state index contributed by atoms with van der Waals surface area (Å²) in [7, 11) is 0. The predicted octanol–water partition coefficient (Wildman–Crippen LogP) is 1.28. The highest BCUT2D eigenvalue weighted by molar-refractivity contribution is 5.45. The van der Waals surface area contributed by atoms with Gasteiger partial charge in [0.1, 0.15) is 5.82 Å². The maximum absolute atomic E-state index is 9.02. The number of hydrazine groups is 1. The Morgan fingerprint density at radius 1 is 1.44 bits per heavy atom. The second-order valence-electron chi connectivity index (χ2n) is 4.42. The third-order valence-corrected chi connectivity index (χ3v) is 2.89. The molecule has 0 fully saturated rings. The summed E-state index contributed by atoms with van der Waals surface area (Å²) in [6, 6.07) is 0. The van der Waals surface area contributed by atoms with Gasteiger partial charge in [0.15, 0.2) is 0 Å². The van der Waals surface area contributed by atoms with Gasteiger partial charge in [-0.15, -0.1) is 0 Å². The van der Waals surface area contributed by atoms with Gasteiger partial charge in [-0.2, -0.15) is 4.98 Å². The Hall–Kier alpha value is -1.40. The van der Waals surface area contributed by atoms with Crippen LogP contribution in [-0.4, -0.2) is 28.2 Å². The van der Waals surface area contributed by atoms with Gasteiger partial charge in [-0.1, -0.05) is 13.3 Å². The molecule has 0 aliphatic heterocycles. The smallest absolute Gasteiger partial charge is 0.239 e. The van der Waals surface area contributed by atoms with Crippen LogP contribution in [0.1, 0.15) is 31.7 Å². The van der Waals surface area contributed by atoms with Crippen LogP contribution in [-0.2, 0) is 0 Å². The van der Waals surface area contributed by atoms with Gasteiger partial charge in [-0.25, -0.2) is 10.8 Å². The van der Waals surface area contributed by atoms with Crippen molar-refractivity contribution in [3.05, 3.63) is 11.8 Å². The second-order valence-corrected chi connectivity index (χ2v) is 4.42. The SMILES string of the molecule is CCCC(CCO)CNc1nc(NN)ncc1C. The van der Waals surface area contributed by atoms with E-state index in [1.165, 1.54) is 0 Å². The van der Waals surface area contributed by atoms with Gasteiger partial charge in [0, 0.05) is 24.9 Å². The monoisotopic (exact) mass is 253 g/mol. The van der Waals surface area contributed by atoms with Crippen molar-refractivity contribution >= 4 is 11.8 Å². The molecular formula is C12H23N5O. The number of hydrogen-bond acceptors (Lipinski definition) is 6. The summed E-state index contributed by atoms with van der Waals surface area (Å²) in [5.74, 6) is 6.94. The first-order chi connectivity index (χ1) is 8.71. The summed E-state index contributed by atoms with van der Waals surface area (Å²) in [6.07, 6.45) is 4.75. The van der Waals surface area contributed by atoms with E-state index in [2.05, 4.69) is 27.6 Å². The van der Waals surface area contributed by atoms with Crippen LogP contribution in [0.15, 0.2) is 6.20 Å². The van der Waals surface area contributed by atoms with E-state index in [0.717, 1.165) is 37.2 Å². The molecular weight excluding hydrogens is 230 g/mol. The van der Waals surface area contributed by atoms with Gasteiger partial charge in [-0.05, 0) is 25.7 Å². The molecule has 102 valence electrons. The maximum atomic E-state index is 9.02. The molecule has 5 N–H and O–H groups in total. The second kappa shape index (κ2) is 7.84. The van der Waals surface area contributed by atoms with E-state index in [1.807, 2.05) is 6.92 Å². The van der Waals surface area contributed by atoms with Crippen molar-refractivity contribution in [2.24, 2.45) is 11.8 Å². The normalized spacial score (nSPS) is 12.2. The lowest BCUT2D eigenvalue weighted by molar-refractivity contribution is 0.255. The Labute approximate surface area is 108 Å². The summed E-state index contributed by atoms with van der Waals surface area (Å²) in [5, 5.41) is 12.3. The maximum Gasteiger partial charge on any atom is 0.239 e. The van der Waals surface area contributed by atoms with Crippen molar-refractivity contribution in [2.75, 3.05) is 23.9 Å². The number of nitrogen functional groups attached to an aromatic ring is 1. The van der Waals surface area contributed by atoms with Crippen LogP contribution in [0.4, 0.5) is 11.8 Å². The lowest BCUT2D eigenvalue weighted by Crippen LogP contribution is -2.18. The van der Waals surface area contributed by atoms with Crippen LogP contribution in [0.2, 0.25) is 0 Å². The van der Waals surface area contributed by atoms with Crippen molar-refractivity contribution in [3.63, 3.8) is 0 Å². The van der Waals surface area contributed by atoms with Crippen LogP contribution < -0.4 is 16.6 Å². The van der Waals surface area contributed by atoms with E-state index in [-0.39, 0.29) is 6.61 Å². The van der Waals surface area contributed by atoms with Crippen LogP contribution in [0.5, 0.6) is 0 Å². The molecule has 1 unspecified atom stereocenters. The quantitative estimate of drug-likeness (QED) is 0.412. The first kappa shape index (κ1) is 14.7. The number of anilines is 2. The predicted molar refractivity (Wildman–Crippen MR) is 73.2 cm³/mol. The number of nitrogens with zero attached hydrogens (tertiary/aromatic N) is 2. The number of rotatable bonds is 8. The molecule has 1 heterocycles. The van der Waals surface area contributed by atoms with Crippen LogP contribution in [0, 0.1) is 12.8 Å². The molecule has 1 rings (SSSR count). The minimum Gasteiger partial charge on any atom is -0.396 e. The molecule has 0 radical (unpaired) electrons. The molecule has 0 saturated heterocycles. The fraction of sp³-hybridized carbons (Fsp3) is 0.667. The Balaban J connectivity index is 2.60. The topological polar surface area (TPSA) is 96.1 Å². The van der Waals surface area contributed by atoms with Crippen molar-refractivity contribution in [1.29, 1.82) is 0 Å². The summed E-state index contributed by atoms with van der Waals surface area (Å²) in [5.41, 5.74) is 3.41. The zero-order chi connectivity index (χ0) is 13.4. The molecule has 18 heavy (non-hydrogen) atoms. The minimum atomic E-state index is 0.227. The molecule has 0 aliphatic rings. The molecule has 0 aliphatic carbocycles. The average molecular weight is 253 g/mol. The van der Waals surface area contributed by atoms with Gasteiger partial charge in [0.05, 0.1) is 0 Å². The van der Waals surface area contributed by atoms with Gasteiger partial charge >= 0.3 is 0 Å². The summed E-state index contributed by atoms with van der Waals surface area (Å²) >= 11 is 0. The first-order valence-corrected chi connectivity index (χ1v) is 6.36. The van der Waals surface area contributed by atoms with Crippen molar-refractivity contribution in [2.45, 2.75) is 33.1 Å². The van der Waals surface area contributed by atoms with Crippen LogP contribution >= 0.6 is 0 Å². The van der Waals surface area contributed by atoms with Crippen molar-refractivity contribution in [3.8, 4) is 0 Å². The molecule has 1 aromatic heterocycles. The van der Waals surface area contributed by atoms with E-state index in [1.54, 1.807) is 6.20 Å². The molecule has 0 spiro atoms. The Morgan fingerprint density at radius 3 is 2.83 bits per heavy atom. The number of nitrogens with two attached hydrogens (primary N) is 1. The zero-order valence-corrected chi connectivity index (χ0v) is 11.1. The number of aliphatic hydroxyl groups is 1. The van der Waals surface area contributed by atoms with Gasteiger partial charge in [0.2, 0.25) is 5.95 Å². The lowest BCUT2D eigenvalue weighted by Gasteiger charge is -2.17. The van der Waals surface area contributed by atoms with E-state index in [4.69, 9.17) is 10.9 Å². The molecule has 0 amide bonds. The van der Waals surface area contributed by atoms with Gasteiger partial charge in [0.25, 0.3) is 0 Å². The largest absolute Gasteiger partial charge is 0.396 e. The molecule has 0 saturated carbocycles. The van der Waals surface area contributed by atoms with E-state index in [0.29, 0.717) is 11.9 Å². The fourth-order valence-corrected chi connectivity index (χ4v) is 1.87. The molecule has 6 nitrogen and oxygen atoms in total. The molecule has 0 aromatic carbocycles. The molecule has 1 aromatic rings. The minimum absolute atomic E-state index is 0.227. The highest BCUT2D eigenvalue weighted by Gasteiger charge is 2.09. The van der Waals surface area contributed by atoms with Crippen molar-refractivity contribution < 1.29 is 5.11 Å². The fourth-order valence-electron chi connectivity index (χ4n) is 1.87. The summed E-state index contributed by atoms with van der Waals surface area (Å²) < 4.78 is 0. The zero-order valence-electron chi connectivity index (χ0n) is 11.1. The lowest BCUT2D eigenvalue weighted by atomic mass is 10.0. The Bertz CT molecular complexity index is 352. The standard InChI is InChI=1S/C12H23N5O/c1-3-4-10(5-6-18)8-14-11-9(2)7-15-12(16-11)17-13/h7,10,18H,3-6,8,13H2,1-2H3,(H2,14,15,16,17). The van der Waals surface area contributed by atoms with E-state index < -0.39 is 0 Å². The first-order valence-electron chi connectivity index (χ1n) is 6.36. The van der Waals surface area contributed by atoms with Crippen LogP contribution in [0.25, 0.3) is 0 Å². The highest BCUT2D eigenvalue weighted by atomic mass is 16.3.